The van der Waals surface area contributed by atoms with Crippen molar-refractivity contribution in [3.05, 3.63) is 119 Å². The number of fused-ring (bicyclic) bond motifs is 1. The molecule has 1 atom stereocenters. The van der Waals surface area contributed by atoms with Gasteiger partial charge in [-0.05, 0) is 102 Å². The third kappa shape index (κ3) is 7.19. The van der Waals surface area contributed by atoms with Crippen molar-refractivity contribution in [3.63, 3.8) is 0 Å². The summed E-state index contributed by atoms with van der Waals surface area (Å²) in [5, 5.41) is 7.07. The van der Waals surface area contributed by atoms with Crippen molar-refractivity contribution in [1.29, 1.82) is 0 Å². The van der Waals surface area contributed by atoms with Gasteiger partial charge in [0.05, 0.1) is 23.0 Å². The maximum atomic E-state index is 13.2. The second-order valence-electron chi connectivity index (χ2n) is 12.4. The van der Waals surface area contributed by atoms with Gasteiger partial charge in [-0.25, -0.2) is 0 Å². The largest absolute Gasteiger partial charge is 1.00 e. The summed E-state index contributed by atoms with van der Waals surface area (Å²) in [6, 6.07) is 32.1. The zero-order chi connectivity index (χ0) is 32.1. The Kier molecular flexibility index (Phi) is 11.7. The molecule has 240 valence electrons. The number of unbranched alkanes of at least 4 members (excludes halogenated alkanes) is 2. The Morgan fingerprint density at radius 2 is 1.22 bits per heavy atom. The number of imide groups is 1. The van der Waals surface area contributed by atoms with Crippen molar-refractivity contribution in [2.45, 2.75) is 72.8 Å². The van der Waals surface area contributed by atoms with E-state index in [1.165, 1.54) is 37.5 Å². The van der Waals surface area contributed by atoms with Crippen LogP contribution in [0.5, 0.6) is 0 Å². The van der Waals surface area contributed by atoms with Gasteiger partial charge in [0, 0.05) is 12.5 Å². The van der Waals surface area contributed by atoms with Crippen LogP contribution in [-0.4, -0.2) is 34.8 Å². The molecule has 0 saturated carbocycles. The Bertz CT molecular complexity index is 1570. The van der Waals surface area contributed by atoms with Gasteiger partial charge in [-0.3, -0.25) is 19.3 Å². The highest BCUT2D eigenvalue weighted by Gasteiger charge is 2.45. The summed E-state index contributed by atoms with van der Waals surface area (Å²) in [4.78, 5) is 40.5. The Labute approximate surface area is 284 Å². The molecule has 7 heteroatoms. The van der Waals surface area contributed by atoms with Gasteiger partial charge in [-0.1, -0.05) is 66.1 Å². The average Bonchev–Trinajstić information content (AvgIpc) is 3.30. The Morgan fingerprint density at radius 1 is 0.717 bits per heavy atom. The molecule has 0 bridgehead atoms. The number of aryl methyl sites for hydroxylation is 3. The van der Waals surface area contributed by atoms with Crippen molar-refractivity contribution in [2.24, 2.45) is 0 Å². The van der Waals surface area contributed by atoms with Crippen LogP contribution in [0.1, 0.15) is 83.4 Å². The lowest BCUT2D eigenvalue weighted by molar-refractivity contribution is -0.116. The van der Waals surface area contributed by atoms with E-state index in [4.69, 9.17) is 0 Å². The molecule has 1 heterocycles. The molecule has 1 aliphatic heterocycles. The molecule has 5 nitrogen and oxygen atoms in total. The Hall–Kier alpha value is -3.60. The van der Waals surface area contributed by atoms with Crippen LogP contribution in [-0.2, 0) is 4.79 Å². The van der Waals surface area contributed by atoms with E-state index >= 15 is 0 Å². The van der Waals surface area contributed by atoms with E-state index in [0.717, 1.165) is 25.4 Å². The first-order valence-electron chi connectivity index (χ1n) is 16.1. The van der Waals surface area contributed by atoms with Crippen LogP contribution in [0.3, 0.4) is 0 Å². The number of nitrogens with zero attached hydrogens (tertiary/aromatic N) is 1. The highest BCUT2D eigenvalue weighted by Crippen LogP contribution is 2.56. The van der Waals surface area contributed by atoms with Gasteiger partial charge in [0.15, 0.2) is 0 Å². The number of carbonyl (C=O) groups excluding carboxylic acids is 3. The van der Waals surface area contributed by atoms with Crippen LogP contribution in [0.2, 0.25) is 0 Å². The maximum Gasteiger partial charge on any atom is 0.263 e. The Morgan fingerprint density at radius 3 is 1.70 bits per heavy atom. The lowest BCUT2D eigenvalue weighted by Gasteiger charge is -2.28. The zero-order valence-corrected chi connectivity index (χ0v) is 30.0. The van der Waals surface area contributed by atoms with Crippen LogP contribution in [0.4, 0.5) is 5.69 Å². The number of amides is 3. The number of rotatable bonds is 12. The lowest BCUT2D eigenvalue weighted by atomic mass is 10.1. The Balaban J connectivity index is 0.00000480. The molecule has 1 aliphatic rings. The van der Waals surface area contributed by atoms with Crippen LogP contribution < -0.4 is 38.2 Å². The van der Waals surface area contributed by atoms with E-state index in [2.05, 4.69) is 98.9 Å². The number of benzene rings is 4. The predicted molar refractivity (Wildman–Crippen MR) is 188 cm³/mol. The number of carbonyl (C=O) groups is 3. The molecule has 0 aromatic heterocycles. The molecule has 0 fully saturated rings. The van der Waals surface area contributed by atoms with Crippen molar-refractivity contribution >= 4 is 46.6 Å². The summed E-state index contributed by atoms with van der Waals surface area (Å²) >= 11 is 0. The molecule has 0 aliphatic carbocycles. The molecule has 3 amide bonds. The molecule has 46 heavy (non-hydrogen) atoms. The van der Waals surface area contributed by atoms with E-state index in [1.54, 1.807) is 18.2 Å². The van der Waals surface area contributed by atoms with Crippen LogP contribution in [0, 0.1) is 20.8 Å². The first-order chi connectivity index (χ1) is 21.6. The van der Waals surface area contributed by atoms with Gasteiger partial charge >= 0.3 is 0 Å². The summed E-state index contributed by atoms with van der Waals surface area (Å²) in [6.45, 7) is 10.2. The van der Waals surface area contributed by atoms with Crippen molar-refractivity contribution < 1.29 is 31.4 Å². The van der Waals surface area contributed by atoms with Gasteiger partial charge < -0.3 is 22.3 Å². The monoisotopic (exact) mass is 698 g/mol. The number of hydrogen-bond acceptors (Lipinski definition) is 3. The fourth-order valence-corrected chi connectivity index (χ4v) is 10.6. The average molecular weight is 700 g/mol. The second kappa shape index (κ2) is 15.3. The minimum absolute atomic E-state index is 0. The molecule has 0 spiro atoms. The van der Waals surface area contributed by atoms with Crippen LogP contribution in [0.25, 0.3) is 0 Å². The maximum absolute atomic E-state index is 13.2. The minimum atomic E-state index is -1.95. The molecule has 4 aromatic rings. The number of anilines is 1. The van der Waals surface area contributed by atoms with Crippen LogP contribution >= 0.6 is 7.26 Å². The molecule has 4 aromatic carbocycles. The van der Waals surface area contributed by atoms with E-state index < -0.39 is 7.26 Å². The van der Waals surface area contributed by atoms with E-state index in [1.807, 2.05) is 13.8 Å². The summed E-state index contributed by atoms with van der Waals surface area (Å²) in [5.74, 6) is -0.755. The molecule has 1 N–H and O–H groups in total. The van der Waals surface area contributed by atoms with Gasteiger partial charge in [-0.15, -0.1) is 0 Å². The molecule has 5 rings (SSSR count). The van der Waals surface area contributed by atoms with Gasteiger partial charge in [-0.2, -0.15) is 0 Å². The fourth-order valence-electron chi connectivity index (χ4n) is 6.25. The van der Waals surface area contributed by atoms with Crippen molar-refractivity contribution in [2.75, 3.05) is 11.5 Å². The minimum Gasteiger partial charge on any atom is -1.00 e. The lowest BCUT2D eigenvalue weighted by Crippen LogP contribution is -3.00. The molecule has 0 saturated heterocycles. The number of nitrogens with one attached hydrogen (secondary N) is 1. The smallest absolute Gasteiger partial charge is 0.263 e. The third-order valence-electron chi connectivity index (χ3n) is 9.07. The SMILES string of the molecule is CCC(C)N1C(=O)c2cccc(NC(=O)CCCCC[P+](c3ccc(C)cc3)(c3ccc(C)cc3)c3ccc(C)cc3)c2C1=O.[Br-]. The molecular weight excluding hydrogens is 655 g/mol. The van der Waals surface area contributed by atoms with E-state index in [9.17, 15) is 14.4 Å². The summed E-state index contributed by atoms with van der Waals surface area (Å²) in [6.07, 6.45) is 4.67. The third-order valence-corrected chi connectivity index (χ3v) is 13.6. The summed E-state index contributed by atoms with van der Waals surface area (Å²) < 4.78 is 0. The topological polar surface area (TPSA) is 66.5 Å². The second-order valence-corrected chi connectivity index (χ2v) is 16.0. The normalized spacial score (nSPS) is 13.3. The first-order valence-corrected chi connectivity index (χ1v) is 18.0. The predicted octanol–water partition coefficient (Wildman–Crippen LogP) is 4.50. The van der Waals surface area contributed by atoms with E-state index in [0.29, 0.717) is 29.7 Å². The van der Waals surface area contributed by atoms with Gasteiger partial charge in [0.1, 0.15) is 23.2 Å². The molecule has 0 radical (unpaired) electrons. The quantitative estimate of drug-likeness (QED) is 0.135. The first kappa shape index (κ1) is 35.3. The highest BCUT2D eigenvalue weighted by molar-refractivity contribution is 7.95. The molecule has 1 unspecified atom stereocenters. The van der Waals surface area contributed by atoms with Crippen molar-refractivity contribution in [3.8, 4) is 0 Å². The standard InChI is InChI=1S/C39H43N2O3P.BrH/c1-6-30(5)41-38(43)34-11-10-12-35(37(34)39(41)44)40-36(42)13-8-7-9-26-45(31-20-14-27(2)15-21-31,32-22-16-28(3)17-23-32)33-24-18-29(4)19-25-33;/h10-12,14-25,30H,6-9,13,26H2,1-5H3;1H. The number of halogens is 1. The summed E-state index contributed by atoms with van der Waals surface area (Å²) in [7, 11) is -1.95. The summed E-state index contributed by atoms with van der Waals surface area (Å²) in [5.41, 5.74) is 4.83. The van der Waals surface area contributed by atoms with Crippen molar-refractivity contribution in [1.82, 2.24) is 4.90 Å². The van der Waals surface area contributed by atoms with Gasteiger partial charge in [0.2, 0.25) is 5.91 Å². The number of hydrogen-bond donors (Lipinski definition) is 1. The zero-order valence-electron chi connectivity index (χ0n) is 27.5. The van der Waals surface area contributed by atoms with Gasteiger partial charge in [0.25, 0.3) is 11.8 Å². The molecular formula is C39H44BrN2O3P. The van der Waals surface area contributed by atoms with Crippen LogP contribution in [0.15, 0.2) is 91.0 Å². The fraction of sp³-hybridized carbons (Fsp3) is 0.308. The highest BCUT2D eigenvalue weighted by atomic mass is 79.9. The van der Waals surface area contributed by atoms with E-state index in [-0.39, 0.29) is 40.7 Å².